The van der Waals surface area contributed by atoms with E-state index in [1.165, 1.54) is 0 Å². The lowest BCUT2D eigenvalue weighted by atomic mass is 10.2. The molecule has 0 aliphatic carbocycles. The topological polar surface area (TPSA) is 90.3 Å². The molecule has 2 N–H and O–H groups in total. The van der Waals surface area contributed by atoms with Gasteiger partial charge < -0.3 is 20.1 Å². The second kappa shape index (κ2) is 8.22. The molecule has 0 fully saturated rings. The van der Waals surface area contributed by atoms with Crippen molar-refractivity contribution in [2.24, 2.45) is 7.05 Å². The largest absolute Gasteiger partial charge is 0.493 e. The molecule has 2 amide bonds. The van der Waals surface area contributed by atoms with Gasteiger partial charge in [-0.3, -0.25) is 9.67 Å². The van der Waals surface area contributed by atoms with Crippen LogP contribution in [0, 0.1) is 0 Å². The predicted molar refractivity (Wildman–Crippen MR) is 102 cm³/mol. The van der Waals surface area contributed by atoms with Gasteiger partial charge in [-0.1, -0.05) is 0 Å². The molecule has 3 aromatic rings. The van der Waals surface area contributed by atoms with Crippen molar-refractivity contribution in [3.63, 3.8) is 0 Å². The third-order valence-corrected chi connectivity index (χ3v) is 3.98. The SMILES string of the molecule is COc1ccc(NC(=O)NCc2cc(-c3ccncc3)n(C)n2)cc1OC. The van der Waals surface area contributed by atoms with E-state index >= 15 is 0 Å². The van der Waals surface area contributed by atoms with Gasteiger partial charge in [0.2, 0.25) is 0 Å². The number of pyridine rings is 1. The minimum Gasteiger partial charge on any atom is -0.493 e. The van der Waals surface area contributed by atoms with Crippen LogP contribution in [0.2, 0.25) is 0 Å². The number of anilines is 1. The Labute approximate surface area is 157 Å². The number of carbonyl (C=O) groups excluding carboxylic acids is 1. The Bertz CT molecular complexity index is 924. The number of aromatic nitrogens is 3. The summed E-state index contributed by atoms with van der Waals surface area (Å²) in [6.07, 6.45) is 3.47. The summed E-state index contributed by atoms with van der Waals surface area (Å²) in [6.45, 7) is 0.304. The molecule has 27 heavy (non-hydrogen) atoms. The molecule has 3 rings (SSSR count). The van der Waals surface area contributed by atoms with E-state index in [9.17, 15) is 4.79 Å². The molecule has 2 heterocycles. The highest BCUT2D eigenvalue weighted by Crippen LogP contribution is 2.29. The molecule has 8 heteroatoms. The first-order chi connectivity index (χ1) is 13.1. The minimum atomic E-state index is -0.335. The number of methoxy groups -OCH3 is 2. The number of rotatable bonds is 6. The van der Waals surface area contributed by atoms with Crippen LogP contribution in [0.25, 0.3) is 11.3 Å². The molecule has 8 nitrogen and oxygen atoms in total. The monoisotopic (exact) mass is 367 g/mol. The number of ether oxygens (including phenoxy) is 2. The first kappa shape index (κ1) is 18.2. The minimum absolute atomic E-state index is 0.304. The molecule has 0 unspecified atom stereocenters. The number of urea groups is 1. The van der Waals surface area contributed by atoms with Gasteiger partial charge in [0.15, 0.2) is 11.5 Å². The van der Waals surface area contributed by atoms with Crippen LogP contribution in [0.4, 0.5) is 10.5 Å². The van der Waals surface area contributed by atoms with Crippen molar-refractivity contribution in [3.05, 3.63) is 54.5 Å². The van der Waals surface area contributed by atoms with Crippen molar-refractivity contribution in [2.75, 3.05) is 19.5 Å². The molecule has 0 spiro atoms. The van der Waals surface area contributed by atoms with Crippen molar-refractivity contribution in [3.8, 4) is 22.8 Å². The predicted octanol–water partition coefficient (Wildman–Crippen LogP) is 2.82. The Kier molecular flexibility index (Phi) is 5.55. The average molecular weight is 367 g/mol. The van der Waals surface area contributed by atoms with Crippen molar-refractivity contribution in [1.29, 1.82) is 0 Å². The van der Waals surface area contributed by atoms with E-state index in [2.05, 4.69) is 20.7 Å². The first-order valence-electron chi connectivity index (χ1n) is 8.31. The molecule has 0 bridgehead atoms. The molecular weight excluding hydrogens is 346 g/mol. The quantitative estimate of drug-likeness (QED) is 0.699. The number of hydrogen-bond donors (Lipinski definition) is 2. The average Bonchev–Trinajstić information content (AvgIpc) is 3.07. The summed E-state index contributed by atoms with van der Waals surface area (Å²) in [5.74, 6) is 1.14. The van der Waals surface area contributed by atoms with Crippen LogP contribution >= 0.6 is 0 Å². The van der Waals surface area contributed by atoms with Crippen LogP contribution in [-0.4, -0.2) is 35.0 Å². The summed E-state index contributed by atoms with van der Waals surface area (Å²) in [5.41, 5.74) is 3.32. The number of amides is 2. The van der Waals surface area contributed by atoms with Crippen molar-refractivity contribution in [2.45, 2.75) is 6.54 Å². The fraction of sp³-hybridized carbons (Fsp3) is 0.211. The van der Waals surface area contributed by atoms with Crippen LogP contribution in [0.3, 0.4) is 0 Å². The molecule has 0 saturated heterocycles. The Balaban J connectivity index is 1.61. The highest BCUT2D eigenvalue weighted by Gasteiger charge is 2.10. The summed E-state index contributed by atoms with van der Waals surface area (Å²) in [5, 5.41) is 9.99. The Morgan fingerprint density at radius 2 is 1.81 bits per heavy atom. The zero-order valence-electron chi connectivity index (χ0n) is 15.4. The number of aryl methyl sites for hydroxylation is 1. The summed E-state index contributed by atoms with van der Waals surface area (Å²) in [7, 11) is 4.97. The van der Waals surface area contributed by atoms with Crippen LogP contribution in [-0.2, 0) is 13.6 Å². The summed E-state index contributed by atoms with van der Waals surface area (Å²) in [6, 6.07) is 10.6. The molecule has 2 aromatic heterocycles. The third-order valence-electron chi connectivity index (χ3n) is 3.98. The molecule has 140 valence electrons. The Morgan fingerprint density at radius 1 is 1.07 bits per heavy atom. The van der Waals surface area contributed by atoms with Crippen LogP contribution in [0.1, 0.15) is 5.69 Å². The summed E-state index contributed by atoms with van der Waals surface area (Å²) in [4.78, 5) is 16.2. The zero-order chi connectivity index (χ0) is 19.2. The molecule has 1 aromatic carbocycles. The van der Waals surface area contributed by atoms with Crippen LogP contribution in [0.15, 0.2) is 48.8 Å². The maximum absolute atomic E-state index is 12.2. The lowest BCUT2D eigenvalue weighted by Gasteiger charge is -2.11. The Morgan fingerprint density at radius 3 is 2.52 bits per heavy atom. The highest BCUT2D eigenvalue weighted by molar-refractivity contribution is 5.89. The van der Waals surface area contributed by atoms with Gasteiger partial charge in [-0.2, -0.15) is 5.10 Å². The molecule has 0 atom stereocenters. The van der Waals surface area contributed by atoms with E-state index in [-0.39, 0.29) is 6.03 Å². The second-order valence-electron chi connectivity index (χ2n) is 5.76. The van der Waals surface area contributed by atoms with E-state index in [4.69, 9.17) is 9.47 Å². The molecule has 0 radical (unpaired) electrons. The fourth-order valence-electron chi connectivity index (χ4n) is 2.67. The van der Waals surface area contributed by atoms with Crippen LogP contribution < -0.4 is 20.1 Å². The maximum atomic E-state index is 12.2. The second-order valence-corrected chi connectivity index (χ2v) is 5.76. The van der Waals surface area contributed by atoms with Gasteiger partial charge >= 0.3 is 6.03 Å². The van der Waals surface area contributed by atoms with Gasteiger partial charge in [-0.25, -0.2) is 4.79 Å². The highest BCUT2D eigenvalue weighted by atomic mass is 16.5. The number of hydrogen-bond acceptors (Lipinski definition) is 5. The van der Waals surface area contributed by atoms with Crippen molar-refractivity contribution >= 4 is 11.7 Å². The first-order valence-corrected chi connectivity index (χ1v) is 8.31. The van der Waals surface area contributed by atoms with E-state index in [1.54, 1.807) is 49.5 Å². The molecular formula is C19H21N5O3. The molecule has 0 saturated carbocycles. The standard InChI is InChI=1S/C19H21N5O3/c1-24-16(13-6-8-20-9-7-13)10-15(23-24)12-21-19(25)22-14-4-5-17(26-2)18(11-14)27-3/h4-11H,12H2,1-3H3,(H2,21,22,25). The number of nitrogens with zero attached hydrogens (tertiary/aromatic N) is 3. The van der Waals surface area contributed by atoms with Gasteiger partial charge in [-0.05, 0) is 30.3 Å². The van der Waals surface area contributed by atoms with E-state index in [1.807, 2.05) is 25.2 Å². The van der Waals surface area contributed by atoms with Gasteiger partial charge in [-0.15, -0.1) is 0 Å². The number of carbonyl (C=O) groups is 1. The summed E-state index contributed by atoms with van der Waals surface area (Å²) >= 11 is 0. The zero-order valence-corrected chi connectivity index (χ0v) is 15.4. The van der Waals surface area contributed by atoms with Gasteiger partial charge in [0.1, 0.15) is 0 Å². The van der Waals surface area contributed by atoms with E-state index in [0.717, 1.165) is 17.0 Å². The lowest BCUT2D eigenvalue weighted by molar-refractivity contribution is 0.251. The van der Waals surface area contributed by atoms with Crippen molar-refractivity contribution in [1.82, 2.24) is 20.1 Å². The van der Waals surface area contributed by atoms with E-state index < -0.39 is 0 Å². The van der Waals surface area contributed by atoms with E-state index in [0.29, 0.717) is 23.7 Å². The van der Waals surface area contributed by atoms with Gasteiger partial charge in [0, 0.05) is 36.8 Å². The molecule has 0 aliphatic rings. The molecule has 0 aliphatic heterocycles. The smallest absolute Gasteiger partial charge is 0.319 e. The van der Waals surface area contributed by atoms with Gasteiger partial charge in [0.05, 0.1) is 32.2 Å². The normalized spacial score (nSPS) is 10.3. The lowest BCUT2D eigenvalue weighted by Crippen LogP contribution is -2.28. The van der Waals surface area contributed by atoms with Gasteiger partial charge in [0.25, 0.3) is 0 Å². The number of nitrogens with one attached hydrogen (secondary N) is 2. The summed E-state index contributed by atoms with van der Waals surface area (Å²) < 4.78 is 12.2. The Hall–Kier alpha value is -3.55. The van der Waals surface area contributed by atoms with Crippen LogP contribution in [0.5, 0.6) is 11.5 Å². The van der Waals surface area contributed by atoms with Crippen molar-refractivity contribution < 1.29 is 14.3 Å². The maximum Gasteiger partial charge on any atom is 0.319 e. The fourth-order valence-corrected chi connectivity index (χ4v) is 2.67. The third kappa shape index (κ3) is 4.35. The number of benzene rings is 1.